The van der Waals surface area contributed by atoms with Gasteiger partial charge in [-0.3, -0.25) is 10.1 Å². The number of carbonyl (C=O) groups is 3. The number of thiophene rings is 2. The number of thiazole rings is 1. The van der Waals surface area contributed by atoms with Crippen LogP contribution in [0.5, 0.6) is 0 Å². The van der Waals surface area contributed by atoms with Gasteiger partial charge in [0.15, 0.2) is 11.7 Å². The molecule has 3 amide bonds. The van der Waals surface area contributed by atoms with Crippen molar-refractivity contribution in [1.82, 2.24) is 15.6 Å². The molecule has 3 heterocycles. The summed E-state index contributed by atoms with van der Waals surface area (Å²) in [5, 5.41) is 7.42. The lowest BCUT2D eigenvalue weighted by molar-refractivity contribution is -0.123. The second kappa shape index (κ2) is 8.46. The molecule has 0 bridgehead atoms. The van der Waals surface area contributed by atoms with Crippen molar-refractivity contribution >= 4 is 66.6 Å². The minimum atomic E-state index is -0.696. The third-order valence-corrected chi connectivity index (χ3v) is 6.44. The van der Waals surface area contributed by atoms with Gasteiger partial charge >= 0.3 is 12.0 Å². The zero-order valence-electron chi connectivity index (χ0n) is 14.5. The number of imide groups is 1. The first kappa shape index (κ1) is 19.3. The fourth-order valence-corrected chi connectivity index (χ4v) is 4.68. The van der Waals surface area contributed by atoms with Crippen LogP contribution in [0, 0.1) is 0 Å². The van der Waals surface area contributed by atoms with Crippen molar-refractivity contribution in [2.75, 3.05) is 25.6 Å². The van der Waals surface area contributed by atoms with E-state index in [4.69, 9.17) is 4.74 Å². The molecular formula is C16H16N4O4S3. The van der Waals surface area contributed by atoms with Crippen LogP contribution in [-0.2, 0) is 16.1 Å². The summed E-state index contributed by atoms with van der Waals surface area (Å²) in [6.07, 6.45) is 0. The van der Waals surface area contributed by atoms with Crippen LogP contribution < -0.4 is 15.5 Å². The molecule has 11 heteroatoms. The Morgan fingerprint density at radius 2 is 2.07 bits per heavy atom. The maximum Gasteiger partial charge on any atom is 0.348 e. The van der Waals surface area contributed by atoms with Crippen LogP contribution in [0.2, 0.25) is 0 Å². The molecule has 0 spiro atoms. The Balaban J connectivity index is 1.45. The minimum Gasteiger partial charge on any atom is -0.451 e. The van der Waals surface area contributed by atoms with Gasteiger partial charge in [-0.2, -0.15) is 0 Å². The summed E-state index contributed by atoms with van der Waals surface area (Å²) in [5.41, 5.74) is 0. The summed E-state index contributed by atoms with van der Waals surface area (Å²) in [4.78, 5) is 43.8. The van der Waals surface area contributed by atoms with Crippen LogP contribution in [0.1, 0.15) is 14.5 Å². The van der Waals surface area contributed by atoms with E-state index in [1.54, 1.807) is 6.07 Å². The van der Waals surface area contributed by atoms with E-state index in [0.29, 0.717) is 11.4 Å². The van der Waals surface area contributed by atoms with Crippen LogP contribution in [0.25, 0.3) is 9.53 Å². The van der Waals surface area contributed by atoms with Crippen molar-refractivity contribution < 1.29 is 19.1 Å². The molecule has 0 aromatic carbocycles. The Hall–Kier alpha value is -2.50. The molecule has 3 aromatic rings. The monoisotopic (exact) mass is 424 g/mol. The average molecular weight is 425 g/mol. The Morgan fingerprint density at radius 1 is 1.26 bits per heavy atom. The van der Waals surface area contributed by atoms with Gasteiger partial charge in [0.2, 0.25) is 0 Å². The fraction of sp³-hybridized carbons (Fsp3) is 0.250. The topological polar surface area (TPSA) is 101 Å². The molecule has 3 aromatic heterocycles. The van der Waals surface area contributed by atoms with Gasteiger partial charge in [-0.1, -0.05) is 17.4 Å². The van der Waals surface area contributed by atoms with E-state index in [0.717, 1.165) is 19.5 Å². The molecule has 0 unspecified atom stereocenters. The van der Waals surface area contributed by atoms with Gasteiger partial charge in [-0.05, 0) is 17.5 Å². The number of rotatable bonds is 6. The normalized spacial score (nSPS) is 10.6. The van der Waals surface area contributed by atoms with E-state index >= 15 is 0 Å². The van der Waals surface area contributed by atoms with Crippen molar-refractivity contribution in [2.45, 2.75) is 6.54 Å². The lowest BCUT2D eigenvalue weighted by atomic mass is 10.4. The number of carbonyl (C=O) groups excluding carboxylic acids is 3. The second-order valence-corrected chi connectivity index (χ2v) is 8.63. The van der Waals surface area contributed by atoms with Crippen molar-refractivity contribution in [1.29, 1.82) is 0 Å². The first-order chi connectivity index (χ1) is 12.9. The van der Waals surface area contributed by atoms with Crippen molar-refractivity contribution in [2.24, 2.45) is 0 Å². The zero-order chi connectivity index (χ0) is 19.4. The van der Waals surface area contributed by atoms with Gasteiger partial charge < -0.3 is 15.0 Å². The maximum atomic E-state index is 12.1. The third kappa shape index (κ3) is 5.02. The Labute approximate surface area is 166 Å². The predicted octanol–water partition coefficient (Wildman–Crippen LogP) is 2.67. The summed E-state index contributed by atoms with van der Waals surface area (Å²) < 4.78 is 5.85. The molecule has 0 radical (unpaired) electrons. The first-order valence-electron chi connectivity index (χ1n) is 7.77. The molecule has 2 N–H and O–H groups in total. The highest BCUT2D eigenvalue weighted by atomic mass is 32.1. The molecule has 8 nitrogen and oxygen atoms in total. The van der Waals surface area contributed by atoms with Crippen LogP contribution in [-0.4, -0.2) is 43.6 Å². The van der Waals surface area contributed by atoms with E-state index in [-0.39, 0.29) is 0 Å². The van der Waals surface area contributed by atoms with Gasteiger partial charge in [0.1, 0.15) is 9.71 Å². The zero-order valence-corrected chi connectivity index (χ0v) is 16.9. The van der Waals surface area contributed by atoms with Gasteiger partial charge in [-0.15, -0.1) is 22.7 Å². The molecule has 0 aliphatic heterocycles. The van der Waals surface area contributed by atoms with E-state index in [1.807, 2.05) is 36.5 Å². The van der Waals surface area contributed by atoms with Crippen LogP contribution in [0.3, 0.4) is 0 Å². The quantitative estimate of drug-likeness (QED) is 0.590. The SMILES string of the molecule is CN(C)c1nc2sc(C(=O)OCC(=O)NC(=O)NCc3cccs3)cc2s1. The van der Waals surface area contributed by atoms with Crippen molar-refractivity contribution in [3.63, 3.8) is 0 Å². The lowest BCUT2D eigenvalue weighted by Gasteiger charge is -2.06. The summed E-state index contributed by atoms with van der Waals surface area (Å²) >= 11 is 4.17. The molecule has 0 aliphatic rings. The number of ether oxygens (including phenoxy) is 1. The first-order valence-corrected chi connectivity index (χ1v) is 10.3. The number of fused-ring (bicyclic) bond motifs is 1. The van der Waals surface area contributed by atoms with Gasteiger partial charge in [0, 0.05) is 19.0 Å². The van der Waals surface area contributed by atoms with Crippen LogP contribution >= 0.6 is 34.0 Å². The molecule has 0 fully saturated rings. The molecule has 142 valence electrons. The van der Waals surface area contributed by atoms with Crippen molar-refractivity contribution in [3.05, 3.63) is 33.3 Å². The van der Waals surface area contributed by atoms with E-state index in [9.17, 15) is 14.4 Å². The molecule has 0 aliphatic carbocycles. The molecule has 27 heavy (non-hydrogen) atoms. The number of amides is 3. The summed E-state index contributed by atoms with van der Waals surface area (Å²) in [6.45, 7) is -0.211. The van der Waals surface area contributed by atoms with Gasteiger partial charge in [-0.25, -0.2) is 14.6 Å². The smallest absolute Gasteiger partial charge is 0.348 e. The number of anilines is 1. The number of aromatic nitrogens is 1. The number of urea groups is 1. The fourth-order valence-electron chi connectivity index (χ4n) is 2.01. The van der Waals surface area contributed by atoms with Crippen LogP contribution in [0.15, 0.2) is 23.6 Å². The largest absolute Gasteiger partial charge is 0.451 e. The predicted molar refractivity (Wildman–Crippen MR) is 107 cm³/mol. The average Bonchev–Trinajstić information content (AvgIpc) is 3.33. The number of hydrogen-bond acceptors (Lipinski definition) is 9. The standard InChI is InChI=1S/C16H16N4O4S3/c1-20(2)16-19-13-10(27-16)6-11(26-13)14(22)24-8-12(21)18-15(23)17-7-9-4-3-5-25-9/h3-6H,7-8H2,1-2H3,(H2,17,18,21,23). The van der Waals surface area contributed by atoms with E-state index < -0.39 is 24.5 Å². The highest BCUT2D eigenvalue weighted by molar-refractivity contribution is 7.29. The molecular weight excluding hydrogens is 408 g/mol. The lowest BCUT2D eigenvalue weighted by Crippen LogP contribution is -2.41. The highest BCUT2D eigenvalue weighted by Crippen LogP contribution is 2.34. The number of nitrogens with one attached hydrogen (secondary N) is 2. The maximum absolute atomic E-state index is 12.1. The van der Waals surface area contributed by atoms with E-state index in [2.05, 4.69) is 15.6 Å². The number of nitrogens with zero attached hydrogens (tertiary/aromatic N) is 2. The molecule has 0 atom stereocenters. The summed E-state index contributed by atoms with van der Waals surface area (Å²) in [7, 11) is 3.79. The summed E-state index contributed by atoms with van der Waals surface area (Å²) in [5.74, 6) is -1.32. The third-order valence-electron chi connectivity index (χ3n) is 3.25. The minimum absolute atomic E-state index is 0.324. The van der Waals surface area contributed by atoms with Crippen LogP contribution in [0.4, 0.5) is 9.93 Å². The second-order valence-electron chi connectivity index (χ2n) is 5.56. The molecule has 0 saturated heterocycles. The van der Waals surface area contributed by atoms with Gasteiger partial charge in [0.05, 0.1) is 11.2 Å². The Morgan fingerprint density at radius 3 is 2.74 bits per heavy atom. The number of esters is 1. The molecule has 3 rings (SSSR count). The van der Waals surface area contributed by atoms with E-state index in [1.165, 1.54) is 34.0 Å². The Kier molecular flexibility index (Phi) is 6.04. The highest BCUT2D eigenvalue weighted by Gasteiger charge is 2.17. The Bertz CT molecular complexity index is 930. The van der Waals surface area contributed by atoms with Crippen molar-refractivity contribution in [3.8, 4) is 0 Å². The van der Waals surface area contributed by atoms with Gasteiger partial charge in [0.25, 0.3) is 5.91 Å². The molecule has 0 saturated carbocycles. The number of hydrogen-bond donors (Lipinski definition) is 2. The summed E-state index contributed by atoms with van der Waals surface area (Å²) in [6, 6.07) is 4.80.